The summed E-state index contributed by atoms with van der Waals surface area (Å²) in [6, 6.07) is 8.73. The molecule has 1 saturated carbocycles. The number of rotatable bonds is 3. The van der Waals surface area contributed by atoms with Crippen LogP contribution >= 0.6 is 0 Å². The van der Waals surface area contributed by atoms with E-state index in [1.54, 1.807) is 0 Å². The number of hydrogen-bond acceptors (Lipinski definition) is 3. The molecule has 1 atom stereocenters. The van der Waals surface area contributed by atoms with Crippen molar-refractivity contribution in [2.45, 2.75) is 18.9 Å². The lowest BCUT2D eigenvalue weighted by atomic mass is 9.94. The number of carbonyl (C=O) groups is 2. The van der Waals surface area contributed by atoms with Crippen LogP contribution in [0.1, 0.15) is 24.4 Å². The van der Waals surface area contributed by atoms with Gasteiger partial charge in [-0.2, -0.15) is 0 Å². The van der Waals surface area contributed by atoms with Gasteiger partial charge >= 0.3 is 12.0 Å². The second-order valence-electron chi connectivity index (χ2n) is 5.04. The molecule has 1 heterocycles. The summed E-state index contributed by atoms with van der Waals surface area (Å²) in [4.78, 5) is 24.0. The molecule has 0 spiro atoms. The normalized spacial score (nSPS) is 22.1. The van der Waals surface area contributed by atoms with Crippen LogP contribution in [0.5, 0.6) is 0 Å². The Hall–Kier alpha value is -2.30. The molecule has 2 amide bonds. The Kier molecular flexibility index (Phi) is 3.18. The fourth-order valence-electron chi connectivity index (χ4n) is 2.51. The molecule has 1 aromatic rings. The van der Waals surface area contributed by atoms with E-state index < -0.39 is 12.0 Å². The summed E-state index contributed by atoms with van der Waals surface area (Å²) < 4.78 is 4.90. The van der Waals surface area contributed by atoms with E-state index in [9.17, 15) is 9.59 Å². The standard InChI is InChI=1S/C15H16N2O3/c1-20-14(18)11-12(9-5-3-2-4-6-9)16-15(19)17-13(11)10-7-8-10/h2-6,10,12H,7-8H2,1H3,(H2,16,17,19). The third-order valence-electron chi connectivity index (χ3n) is 3.63. The van der Waals surface area contributed by atoms with Crippen LogP contribution in [0.15, 0.2) is 41.6 Å². The van der Waals surface area contributed by atoms with E-state index in [1.165, 1.54) is 7.11 Å². The van der Waals surface area contributed by atoms with E-state index in [0.29, 0.717) is 5.57 Å². The van der Waals surface area contributed by atoms with E-state index >= 15 is 0 Å². The Morgan fingerprint density at radius 2 is 1.95 bits per heavy atom. The van der Waals surface area contributed by atoms with Gasteiger partial charge in [-0.05, 0) is 24.3 Å². The minimum absolute atomic E-state index is 0.265. The summed E-state index contributed by atoms with van der Waals surface area (Å²) in [5.41, 5.74) is 2.11. The first kappa shape index (κ1) is 12.7. The Morgan fingerprint density at radius 1 is 1.25 bits per heavy atom. The van der Waals surface area contributed by atoms with Gasteiger partial charge in [0.2, 0.25) is 0 Å². The molecule has 104 valence electrons. The zero-order valence-electron chi connectivity index (χ0n) is 11.2. The highest BCUT2D eigenvalue weighted by Gasteiger charge is 2.39. The van der Waals surface area contributed by atoms with Crippen LogP contribution < -0.4 is 10.6 Å². The molecule has 1 aliphatic carbocycles. The zero-order chi connectivity index (χ0) is 14.1. The van der Waals surface area contributed by atoms with Crippen molar-refractivity contribution < 1.29 is 14.3 Å². The smallest absolute Gasteiger partial charge is 0.337 e. The quantitative estimate of drug-likeness (QED) is 0.825. The van der Waals surface area contributed by atoms with Gasteiger partial charge in [0.1, 0.15) is 0 Å². The van der Waals surface area contributed by atoms with Crippen LogP contribution in [0.3, 0.4) is 0 Å². The third kappa shape index (κ3) is 2.27. The average Bonchev–Trinajstić information content (AvgIpc) is 3.31. The number of urea groups is 1. The van der Waals surface area contributed by atoms with Crippen molar-refractivity contribution in [2.75, 3.05) is 7.11 Å². The predicted molar refractivity (Wildman–Crippen MR) is 72.6 cm³/mol. The number of carbonyl (C=O) groups excluding carboxylic acids is 2. The van der Waals surface area contributed by atoms with Crippen molar-refractivity contribution in [3.63, 3.8) is 0 Å². The fraction of sp³-hybridized carbons (Fsp3) is 0.333. The van der Waals surface area contributed by atoms with Gasteiger partial charge in [0.15, 0.2) is 0 Å². The van der Waals surface area contributed by atoms with E-state index in [-0.39, 0.29) is 11.9 Å². The molecule has 0 radical (unpaired) electrons. The molecular weight excluding hydrogens is 256 g/mol. The Balaban J connectivity index is 2.08. The average molecular weight is 272 g/mol. The summed E-state index contributed by atoms with van der Waals surface area (Å²) in [7, 11) is 1.36. The number of esters is 1. The van der Waals surface area contributed by atoms with Crippen LogP contribution in [-0.2, 0) is 9.53 Å². The number of ether oxygens (including phenoxy) is 1. The lowest BCUT2D eigenvalue weighted by Gasteiger charge is -2.29. The second kappa shape index (κ2) is 5.00. The van der Waals surface area contributed by atoms with Crippen molar-refractivity contribution in [2.24, 2.45) is 5.92 Å². The van der Waals surface area contributed by atoms with Crippen LogP contribution in [-0.4, -0.2) is 19.1 Å². The van der Waals surface area contributed by atoms with Gasteiger partial charge in [0, 0.05) is 5.70 Å². The minimum atomic E-state index is -0.451. The first-order valence-corrected chi connectivity index (χ1v) is 6.65. The molecular formula is C15H16N2O3. The lowest BCUT2D eigenvalue weighted by Crippen LogP contribution is -2.46. The second-order valence-corrected chi connectivity index (χ2v) is 5.04. The number of hydrogen-bond donors (Lipinski definition) is 2. The summed E-state index contributed by atoms with van der Waals surface area (Å²) in [5, 5.41) is 5.57. The molecule has 1 fully saturated rings. The zero-order valence-corrected chi connectivity index (χ0v) is 11.2. The largest absolute Gasteiger partial charge is 0.466 e. The van der Waals surface area contributed by atoms with Crippen LogP contribution in [0.4, 0.5) is 4.79 Å². The van der Waals surface area contributed by atoms with Crippen molar-refractivity contribution >= 4 is 12.0 Å². The maximum Gasteiger partial charge on any atom is 0.337 e. The minimum Gasteiger partial charge on any atom is -0.466 e. The number of allylic oxidation sites excluding steroid dienone is 1. The molecule has 1 aromatic carbocycles. The van der Waals surface area contributed by atoms with E-state index in [1.807, 2.05) is 30.3 Å². The number of benzene rings is 1. The van der Waals surface area contributed by atoms with E-state index in [2.05, 4.69) is 10.6 Å². The number of methoxy groups -OCH3 is 1. The highest BCUT2D eigenvalue weighted by molar-refractivity contribution is 5.95. The fourth-order valence-corrected chi connectivity index (χ4v) is 2.51. The molecule has 5 nitrogen and oxygen atoms in total. The molecule has 0 bridgehead atoms. The molecule has 3 rings (SSSR count). The number of nitrogens with one attached hydrogen (secondary N) is 2. The Bertz CT molecular complexity index is 576. The SMILES string of the molecule is COC(=O)C1=C(C2CC2)NC(=O)NC1c1ccccc1. The molecule has 5 heteroatoms. The van der Waals surface area contributed by atoms with Gasteiger partial charge in [-0.25, -0.2) is 9.59 Å². The van der Waals surface area contributed by atoms with Crippen LogP contribution in [0.25, 0.3) is 0 Å². The Labute approximate surface area is 117 Å². The summed E-state index contributed by atoms with van der Waals surface area (Å²) in [6.07, 6.45) is 2.00. The van der Waals surface area contributed by atoms with Gasteiger partial charge in [-0.3, -0.25) is 0 Å². The van der Waals surface area contributed by atoms with Crippen LogP contribution in [0.2, 0.25) is 0 Å². The van der Waals surface area contributed by atoms with Crippen LogP contribution in [0, 0.1) is 5.92 Å². The maximum absolute atomic E-state index is 12.1. The molecule has 0 aromatic heterocycles. The number of amides is 2. The lowest BCUT2D eigenvalue weighted by molar-refractivity contribution is -0.136. The van der Waals surface area contributed by atoms with Gasteiger partial charge in [0.05, 0.1) is 18.7 Å². The van der Waals surface area contributed by atoms with Gasteiger partial charge in [-0.15, -0.1) is 0 Å². The molecule has 1 aliphatic heterocycles. The maximum atomic E-state index is 12.1. The van der Waals surface area contributed by atoms with Gasteiger partial charge in [0.25, 0.3) is 0 Å². The predicted octanol–water partition coefficient (Wildman–Crippen LogP) is 1.88. The van der Waals surface area contributed by atoms with Crippen molar-refractivity contribution in [1.29, 1.82) is 0 Å². The highest BCUT2D eigenvalue weighted by atomic mass is 16.5. The van der Waals surface area contributed by atoms with Gasteiger partial charge < -0.3 is 15.4 Å². The Morgan fingerprint density at radius 3 is 2.55 bits per heavy atom. The molecule has 2 aliphatic rings. The first-order valence-electron chi connectivity index (χ1n) is 6.65. The molecule has 20 heavy (non-hydrogen) atoms. The van der Waals surface area contributed by atoms with Crippen molar-refractivity contribution in [1.82, 2.24) is 10.6 Å². The highest BCUT2D eigenvalue weighted by Crippen LogP contribution is 2.40. The molecule has 2 N–H and O–H groups in total. The topological polar surface area (TPSA) is 67.4 Å². The molecule has 1 unspecified atom stereocenters. The summed E-state index contributed by atoms with van der Waals surface area (Å²) in [6.45, 7) is 0. The third-order valence-corrected chi connectivity index (χ3v) is 3.63. The first-order chi connectivity index (χ1) is 9.70. The molecule has 0 saturated heterocycles. The summed E-state index contributed by atoms with van der Waals surface area (Å²) in [5.74, 6) is -0.130. The van der Waals surface area contributed by atoms with Gasteiger partial charge in [-0.1, -0.05) is 30.3 Å². The monoisotopic (exact) mass is 272 g/mol. The summed E-state index contributed by atoms with van der Waals surface area (Å²) >= 11 is 0. The van der Waals surface area contributed by atoms with Crippen molar-refractivity contribution in [3.8, 4) is 0 Å². The van der Waals surface area contributed by atoms with Crippen molar-refractivity contribution in [3.05, 3.63) is 47.2 Å². The van der Waals surface area contributed by atoms with E-state index in [4.69, 9.17) is 4.74 Å². The van der Waals surface area contributed by atoms with E-state index in [0.717, 1.165) is 24.1 Å².